The number of rotatable bonds is 5. The van der Waals surface area contributed by atoms with Crippen molar-refractivity contribution in [3.05, 3.63) is 54.1 Å². The van der Waals surface area contributed by atoms with Crippen LogP contribution in [-0.4, -0.2) is 34.0 Å². The molecule has 2 heterocycles. The van der Waals surface area contributed by atoms with E-state index in [4.69, 9.17) is 0 Å². The Labute approximate surface area is 139 Å². The van der Waals surface area contributed by atoms with E-state index in [1.807, 2.05) is 6.20 Å². The molecule has 0 radical (unpaired) electrons. The fraction of sp³-hybridized carbons (Fsp3) is 0.550. The first-order valence-electron chi connectivity index (χ1n) is 9.14. The van der Waals surface area contributed by atoms with Crippen LogP contribution >= 0.6 is 0 Å². The van der Waals surface area contributed by atoms with Gasteiger partial charge in [-0.25, -0.2) is 4.98 Å². The average molecular weight is 309 g/mol. The summed E-state index contributed by atoms with van der Waals surface area (Å²) in [5.41, 5.74) is 2.79. The predicted octanol–water partition coefficient (Wildman–Crippen LogP) is 3.69. The first-order chi connectivity index (χ1) is 11.4. The molecule has 2 aliphatic rings. The van der Waals surface area contributed by atoms with Crippen LogP contribution in [0.25, 0.3) is 0 Å². The Bertz CT molecular complexity index is 593. The van der Waals surface area contributed by atoms with Crippen LogP contribution in [0.3, 0.4) is 0 Å². The van der Waals surface area contributed by atoms with Gasteiger partial charge in [-0.1, -0.05) is 30.3 Å². The number of H-pyrrole nitrogens is 1. The molecule has 2 fully saturated rings. The molecule has 0 bridgehead atoms. The summed E-state index contributed by atoms with van der Waals surface area (Å²) in [6.07, 6.45) is 11.8. The highest BCUT2D eigenvalue weighted by atomic mass is 15.2. The third-order valence-corrected chi connectivity index (χ3v) is 5.90. The summed E-state index contributed by atoms with van der Waals surface area (Å²) < 4.78 is 0. The number of benzene rings is 1. The minimum Gasteiger partial charge on any atom is -0.348 e. The van der Waals surface area contributed by atoms with Gasteiger partial charge in [0, 0.05) is 30.9 Å². The van der Waals surface area contributed by atoms with Crippen LogP contribution in [0.15, 0.2) is 42.9 Å². The lowest BCUT2D eigenvalue weighted by molar-refractivity contribution is 0.152. The van der Waals surface area contributed by atoms with Gasteiger partial charge in [0.1, 0.15) is 0 Å². The molecule has 122 valence electrons. The maximum Gasteiger partial charge on any atom is 0.0921 e. The summed E-state index contributed by atoms with van der Waals surface area (Å²) in [6, 6.07) is 11.9. The molecule has 1 saturated carbocycles. The maximum atomic E-state index is 4.12. The molecule has 3 atom stereocenters. The number of nitrogens with zero attached hydrogens (tertiary/aromatic N) is 2. The van der Waals surface area contributed by atoms with E-state index in [1.54, 1.807) is 6.33 Å². The minimum absolute atomic E-state index is 0.838. The van der Waals surface area contributed by atoms with E-state index in [0.29, 0.717) is 0 Å². The average Bonchev–Trinajstić information content (AvgIpc) is 3.23. The normalized spacial score (nSPS) is 27.9. The Morgan fingerprint density at radius 1 is 1.13 bits per heavy atom. The van der Waals surface area contributed by atoms with Crippen molar-refractivity contribution in [1.82, 2.24) is 14.9 Å². The molecule has 1 saturated heterocycles. The summed E-state index contributed by atoms with van der Waals surface area (Å²) >= 11 is 0. The molecule has 23 heavy (non-hydrogen) atoms. The van der Waals surface area contributed by atoms with Crippen molar-refractivity contribution in [2.45, 2.75) is 44.6 Å². The largest absolute Gasteiger partial charge is 0.348 e. The van der Waals surface area contributed by atoms with Crippen molar-refractivity contribution in [3.63, 3.8) is 0 Å². The van der Waals surface area contributed by atoms with Crippen molar-refractivity contribution in [1.29, 1.82) is 0 Å². The number of aromatic amines is 1. The van der Waals surface area contributed by atoms with E-state index in [2.05, 4.69) is 45.2 Å². The summed E-state index contributed by atoms with van der Waals surface area (Å²) in [7, 11) is 0. The molecule has 1 aromatic heterocycles. The van der Waals surface area contributed by atoms with Gasteiger partial charge in [0.15, 0.2) is 0 Å². The highest BCUT2D eigenvalue weighted by Gasteiger charge is 2.38. The smallest absolute Gasteiger partial charge is 0.0921 e. The van der Waals surface area contributed by atoms with Crippen molar-refractivity contribution < 1.29 is 0 Å². The number of aromatic nitrogens is 2. The van der Waals surface area contributed by atoms with Gasteiger partial charge in [0.05, 0.1) is 6.33 Å². The molecule has 4 rings (SSSR count). The van der Waals surface area contributed by atoms with Gasteiger partial charge in [0.25, 0.3) is 0 Å². The number of likely N-dealkylation sites (tertiary alicyclic amines) is 1. The quantitative estimate of drug-likeness (QED) is 0.913. The van der Waals surface area contributed by atoms with Gasteiger partial charge in [-0.2, -0.15) is 0 Å². The standard InChI is InChI=1S/C20H27N3/c1-2-4-16(5-3-1)12-17-6-7-20-18(13-17)8-10-23(20)11-9-19-14-21-15-22-19/h1-5,14-15,17-18,20H,6-13H2,(H,21,22)/t17-,18+,20-/m0/s1. The number of imidazole rings is 1. The number of nitrogens with one attached hydrogen (secondary N) is 1. The zero-order valence-corrected chi connectivity index (χ0v) is 13.8. The van der Waals surface area contributed by atoms with Crippen LogP contribution in [0.2, 0.25) is 0 Å². The monoisotopic (exact) mass is 309 g/mol. The van der Waals surface area contributed by atoms with E-state index in [0.717, 1.165) is 24.3 Å². The molecular formula is C20H27N3. The van der Waals surface area contributed by atoms with E-state index in [9.17, 15) is 0 Å². The van der Waals surface area contributed by atoms with Crippen LogP contribution in [0.5, 0.6) is 0 Å². The lowest BCUT2D eigenvalue weighted by atomic mass is 9.76. The molecule has 3 heteroatoms. The van der Waals surface area contributed by atoms with Gasteiger partial charge in [-0.3, -0.25) is 4.90 Å². The molecule has 0 unspecified atom stereocenters. The van der Waals surface area contributed by atoms with Gasteiger partial charge < -0.3 is 4.98 Å². The molecular weight excluding hydrogens is 282 g/mol. The van der Waals surface area contributed by atoms with Gasteiger partial charge in [0.2, 0.25) is 0 Å². The van der Waals surface area contributed by atoms with Crippen molar-refractivity contribution in [2.24, 2.45) is 11.8 Å². The van der Waals surface area contributed by atoms with Crippen LogP contribution in [0, 0.1) is 11.8 Å². The second-order valence-corrected chi connectivity index (χ2v) is 7.35. The Kier molecular flexibility index (Phi) is 4.47. The highest BCUT2D eigenvalue weighted by molar-refractivity contribution is 5.15. The Morgan fingerprint density at radius 3 is 2.87 bits per heavy atom. The lowest BCUT2D eigenvalue weighted by Crippen LogP contribution is -2.38. The molecule has 0 spiro atoms. The highest BCUT2D eigenvalue weighted by Crippen LogP contribution is 2.40. The maximum absolute atomic E-state index is 4.12. The van der Waals surface area contributed by atoms with Gasteiger partial charge in [-0.15, -0.1) is 0 Å². The van der Waals surface area contributed by atoms with Crippen molar-refractivity contribution in [2.75, 3.05) is 13.1 Å². The first kappa shape index (κ1) is 14.9. The van der Waals surface area contributed by atoms with Crippen LogP contribution in [0.4, 0.5) is 0 Å². The van der Waals surface area contributed by atoms with Gasteiger partial charge in [-0.05, 0) is 56.0 Å². The summed E-state index contributed by atoms with van der Waals surface area (Å²) in [6.45, 7) is 2.48. The van der Waals surface area contributed by atoms with Crippen molar-refractivity contribution >= 4 is 0 Å². The van der Waals surface area contributed by atoms with Crippen LogP contribution in [0.1, 0.15) is 36.9 Å². The third kappa shape index (κ3) is 3.50. The fourth-order valence-corrected chi connectivity index (χ4v) is 4.73. The summed E-state index contributed by atoms with van der Waals surface area (Å²) in [4.78, 5) is 10.1. The fourth-order valence-electron chi connectivity index (χ4n) is 4.73. The minimum atomic E-state index is 0.838. The molecule has 1 aliphatic carbocycles. The molecule has 0 amide bonds. The van der Waals surface area contributed by atoms with Gasteiger partial charge >= 0.3 is 0 Å². The zero-order valence-electron chi connectivity index (χ0n) is 13.8. The lowest BCUT2D eigenvalue weighted by Gasteiger charge is -2.36. The topological polar surface area (TPSA) is 31.9 Å². The molecule has 1 aromatic carbocycles. The number of hydrogen-bond acceptors (Lipinski definition) is 2. The molecule has 2 aromatic rings. The zero-order chi connectivity index (χ0) is 15.5. The first-order valence-corrected chi connectivity index (χ1v) is 9.14. The SMILES string of the molecule is c1ccc(C[C@@H]2CC[C@H]3[C@H](CCN3CCc3cnc[nH]3)C2)cc1. The van der Waals surface area contributed by atoms with Crippen LogP contribution < -0.4 is 0 Å². The van der Waals surface area contributed by atoms with E-state index < -0.39 is 0 Å². The molecule has 3 nitrogen and oxygen atoms in total. The summed E-state index contributed by atoms with van der Waals surface area (Å²) in [5, 5.41) is 0. The Morgan fingerprint density at radius 2 is 2.04 bits per heavy atom. The Hall–Kier alpha value is -1.61. The second-order valence-electron chi connectivity index (χ2n) is 7.35. The second kappa shape index (κ2) is 6.88. The molecule has 1 N–H and O–H groups in total. The van der Waals surface area contributed by atoms with E-state index in [1.165, 1.54) is 56.5 Å². The Balaban J connectivity index is 1.30. The number of hydrogen-bond donors (Lipinski definition) is 1. The molecule has 1 aliphatic heterocycles. The predicted molar refractivity (Wildman–Crippen MR) is 93.2 cm³/mol. The van der Waals surface area contributed by atoms with E-state index >= 15 is 0 Å². The van der Waals surface area contributed by atoms with Crippen molar-refractivity contribution in [3.8, 4) is 0 Å². The van der Waals surface area contributed by atoms with E-state index in [-0.39, 0.29) is 0 Å². The third-order valence-electron chi connectivity index (χ3n) is 5.90. The summed E-state index contributed by atoms with van der Waals surface area (Å²) in [5.74, 6) is 1.82. The number of fused-ring (bicyclic) bond motifs is 1. The van der Waals surface area contributed by atoms with Crippen LogP contribution in [-0.2, 0) is 12.8 Å².